The van der Waals surface area contributed by atoms with Gasteiger partial charge >= 0.3 is 6.09 Å². The van der Waals surface area contributed by atoms with Crippen LogP contribution in [0.25, 0.3) is 33.1 Å². The van der Waals surface area contributed by atoms with E-state index in [2.05, 4.69) is 29.6 Å². The summed E-state index contributed by atoms with van der Waals surface area (Å²) in [4.78, 5) is 36.6. The first-order valence-electron chi connectivity index (χ1n) is 16.6. The normalized spacial score (nSPS) is 20.0. The molecule has 3 aromatic heterocycles. The Morgan fingerprint density at radius 3 is 2.40 bits per heavy atom. The number of nitrogens with zero attached hydrogens (tertiary/aromatic N) is 7. The zero-order valence-corrected chi connectivity index (χ0v) is 30.9. The molecule has 47 heavy (non-hydrogen) atoms. The number of carbonyl (C=O) groups is 1. The van der Waals surface area contributed by atoms with Gasteiger partial charge in [0.05, 0.1) is 15.9 Å². The van der Waals surface area contributed by atoms with Crippen molar-refractivity contribution in [1.29, 1.82) is 0 Å². The summed E-state index contributed by atoms with van der Waals surface area (Å²) >= 11 is 7.00. The van der Waals surface area contributed by atoms with Crippen molar-refractivity contribution in [2.45, 2.75) is 103 Å². The Kier molecular flexibility index (Phi) is 8.76. The van der Waals surface area contributed by atoms with Crippen molar-refractivity contribution in [3.8, 4) is 11.1 Å². The predicted octanol–water partition coefficient (Wildman–Crippen LogP) is 6.62. The maximum Gasteiger partial charge on any atom is 0.410 e. The molecule has 1 aromatic carbocycles. The first-order valence-corrected chi connectivity index (χ1v) is 20.6. The van der Waals surface area contributed by atoms with Gasteiger partial charge in [-0.3, -0.25) is 14.0 Å². The van der Waals surface area contributed by atoms with Crippen LogP contribution in [0.1, 0.15) is 46.5 Å². The molecule has 6 rings (SSSR count). The summed E-state index contributed by atoms with van der Waals surface area (Å²) in [6.45, 7) is 13.6. The third-order valence-corrected chi connectivity index (χ3v) is 11.6. The molecular formula is C34H48ClN7O4Si. The lowest BCUT2D eigenvalue weighted by Crippen LogP contribution is -2.53. The zero-order valence-electron chi connectivity index (χ0n) is 29.1. The second kappa shape index (κ2) is 12.3. The van der Waals surface area contributed by atoms with Crippen molar-refractivity contribution < 1.29 is 14.3 Å². The fourth-order valence-corrected chi connectivity index (χ4v) is 8.11. The number of fused-ring (bicyclic) bond motifs is 4. The predicted molar refractivity (Wildman–Crippen MR) is 190 cm³/mol. The van der Waals surface area contributed by atoms with Gasteiger partial charge in [0, 0.05) is 82.9 Å². The Morgan fingerprint density at radius 1 is 1.09 bits per heavy atom. The van der Waals surface area contributed by atoms with Crippen LogP contribution in [0.2, 0.25) is 30.7 Å². The van der Waals surface area contributed by atoms with Crippen LogP contribution in [0.15, 0.2) is 29.3 Å². The van der Waals surface area contributed by atoms with Gasteiger partial charge in [-0.05, 0) is 58.6 Å². The molecule has 254 valence electrons. The van der Waals surface area contributed by atoms with E-state index < -0.39 is 13.7 Å². The molecule has 2 aliphatic heterocycles. The number of aromatic nitrogens is 5. The number of rotatable bonds is 8. The van der Waals surface area contributed by atoms with Crippen LogP contribution in [-0.2, 0) is 30.3 Å². The molecule has 0 saturated carbocycles. The standard InChI is InChI=1S/C34H48ClN7O4Si/c1-34(2,3)46-33(44)39(5)23-16-21-10-11-22(17-23)42(21)32-36-30-28(31(43)40(32)6)25(19-41(30)20-45-14-15-47(7,8)9)24-12-13-27-26(29(24)35)18-38(4)37-27/h12-13,18-19,21-23H,10-11,14-17,20H2,1-9H3. The number of aryl methyl sites for hydroxylation is 1. The van der Waals surface area contributed by atoms with E-state index in [4.69, 9.17) is 26.1 Å². The summed E-state index contributed by atoms with van der Waals surface area (Å²) in [5, 5.41) is 6.40. The van der Waals surface area contributed by atoms with E-state index >= 15 is 0 Å². The van der Waals surface area contributed by atoms with Crippen molar-refractivity contribution in [2.75, 3.05) is 18.6 Å². The third-order valence-electron chi connectivity index (χ3n) is 9.50. The second-order valence-electron chi connectivity index (χ2n) is 15.5. The highest BCUT2D eigenvalue weighted by Gasteiger charge is 2.45. The average Bonchev–Trinajstić information content (AvgIpc) is 3.61. The minimum absolute atomic E-state index is 0.0547. The molecular weight excluding hydrogens is 634 g/mol. The van der Waals surface area contributed by atoms with Gasteiger partial charge in [0.2, 0.25) is 5.95 Å². The topological polar surface area (TPSA) is 99.7 Å². The highest BCUT2D eigenvalue weighted by Crippen LogP contribution is 2.42. The van der Waals surface area contributed by atoms with Crippen molar-refractivity contribution in [3.63, 3.8) is 0 Å². The van der Waals surface area contributed by atoms with Gasteiger partial charge in [-0.2, -0.15) is 10.1 Å². The average molecular weight is 682 g/mol. The van der Waals surface area contributed by atoms with Crippen LogP contribution in [0.4, 0.5) is 10.7 Å². The zero-order chi connectivity index (χ0) is 34.0. The molecule has 2 unspecified atom stereocenters. The van der Waals surface area contributed by atoms with Crippen LogP contribution in [-0.4, -0.2) is 80.3 Å². The fraction of sp³-hybridized carbons (Fsp3) is 0.588. The molecule has 4 aromatic rings. The first kappa shape index (κ1) is 33.5. The first-order chi connectivity index (χ1) is 22.0. The molecule has 0 radical (unpaired) electrons. The van der Waals surface area contributed by atoms with Gasteiger partial charge in [-0.25, -0.2) is 4.79 Å². The smallest absolute Gasteiger partial charge is 0.410 e. The largest absolute Gasteiger partial charge is 0.444 e. The minimum Gasteiger partial charge on any atom is -0.444 e. The van der Waals surface area contributed by atoms with Gasteiger partial charge in [0.15, 0.2) is 5.65 Å². The Balaban J connectivity index is 1.39. The Morgan fingerprint density at radius 2 is 1.77 bits per heavy atom. The van der Waals surface area contributed by atoms with E-state index in [0.717, 1.165) is 53.8 Å². The summed E-state index contributed by atoms with van der Waals surface area (Å²) in [6, 6.07) is 5.27. The number of carbonyl (C=O) groups excluding carboxylic acids is 1. The molecule has 2 aliphatic rings. The van der Waals surface area contributed by atoms with Crippen molar-refractivity contribution in [3.05, 3.63) is 39.9 Å². The van der Waals surface area contributed by atoms with Crippen LogP contribution in [0.3, 0.4) is 0 Å². The Bertz CT molecular complexity index is 1870. The summed E-state index contributed by atoms with van der Waals surface area (Å²) in [5.41, 5.74) is 2.18. The van der Waals surface area contributed by atoms with Gasteiger partial charge in [-0.15, -0.1) is 0 Å². The summed E-state index contributed by atoms with van der Waals surface area (Å²) in [7, 11) is 4.22. The van der Waals surface area contributed by atoms with Gasteiger partial charge in [0.1, 0.15) is 12.3 Å². The van der Waals surface area contributed by atoms with Crippen LogP contribution >= 0.6 is 11.6 Å². The number of piperidine rings is 1. The number of ether oxygens (including phenoxy) is 2. The molecule has 2 bridgehead atoms. The Labute approximate surface area is 282 Å². The third kappa shape index (κ3) is 6.56. The second-order valence-corrected chi connectivity index (χ2v) is 21.5. The van der Waals surface area contributed by atoms with E-state index in [9.17, 15) is 9.59 Å². The van der Waals surface area contributed by atoms with E-state index in [1.54, 1.807) is 21.2 Å². The molecule has 11 nitrogen and oxygen atoms in total. The number of hydrogen-bond donors (Lipinski definition) is 0. The lowest BCUT2D eigenvalue weighted by Gasteiger charge is -2.43. The molecule has 13 heteroatoms. The fourth-order valence-electron chi connectivity index (χ4n) is 7.04. The summed E-state index contributed by atoms with van der Waals surface area (Å²) < 4.78 is 17.3. The lowest BCUT2D eigenvalue weighted by atomic mass is 9.96. The summed E-state index contributed by atoms with van der Waals surface area (Å²) in [6.07, 6.45) is 7.07. The van der Waals surface area contributed by atoms with Gasteiger partial charge in [0.25, 0.3) is 5.56 Å². The quantitative estimate of drug-likeness (QED) is 0.152. The number of anilines is 1. The maximum absolute atomic E-state index is 14.4. The molecule has 0 N–H and O–H groups in total. The van der Waals surface area contributed by atoms with E-state index in [1.165, 1.54) is 0 Å². The molecule has 2 atom stereocenters. The molecule has 1 amide bonds. The highest BCUT2D eigenvalue weighted by atomic mass is 35.5. The van der Waals surface area contributed by atoms with Gasteiger partial charge < -0.3 is 23.8 Å². The number of halogens is 1. The van der Waals surface area contributed by atoms with Crippen LogP contribution in [0.5, 0.6) is 0 Å². The molecule has 2 fully saturated rings. The van der Waals surface area contributed by atoms with Gasteiger partial charge in [-0.1, -0.05) is 37.3 Å². The maximum atomic E-state index is 14.4. The van der Waals surface area contributed by atoms with Crippen LogP contribution < -0.4 is 10.5 Å². The molecule has 5 heterocycles. The van der Waals surface area contributed by atoms with E-state index in [1.807, 2.05) is 64.0 Å². The van der Waals surface area contributed by atoms with Crippen molar-refractivity contribution in [2.24, 2.45) is 14.1 Å². The summed E-state index contributed by atoms with van der Waals surface area (Å²) in [5.74, 6) is 0.648. The van der Waals surface area contributed by atoms with Crippen molar-refractivity contribution >= 4 is 53.7 Å². The van der Waals surface area contributed by atoms with Crippen molar-refractivity contribution in [1.82, 2.24) is 28.8 Å². The molecule has 2 saturated heterocycles. The molecule has 0 spiro atoms. The monoisotopic (exact) mass is 681 g/mol. The lowest BCUT2D eigenvalue weighted by molar-refractivity contribution is 0.0186. The van der Waals surface area contributed by atoms with E-state index in [-0.39, 0.29) is 36.5 Å². The number of benzene rings is 1. The minimum atomic E-state index is -1.29. The number of amides is 1. The SMILES string of the molecule is CN(C(=O)OC(C)(C)C)C1CC2CCC(C1)N2c1nc2c(c(-c3ccc4nn(C)cc4c3Cl)cn2COCC[Si](C)(C)C)c(=O)n1C. The van der Waals surface area contributed by atoms with Crippen LogP contribution in [0, 0.1) is 0 Å². The number of hydrogen-bond acceptors (Lipinski definition) is 7. The van der Waals surface area contributed by atoms with E-state index in [0.29, 0.717) is 28.6 Å². The molecule has 0 aliphatic carbocycles. The Hall–Kier alpha value is -3.35. The highest BCUT2D eigenvalue weighted by molar-refractivity contribution is 6.76.